The van der Waals surface area contributed by atoms with Crippen LogP contribution in [-0.4, -0.2) is 32.9 Å². The standard InChI is InChI=1S/C14H22ClNO3S/c1-4-8-16(3)20(17,18)13-6-7-14(19-9-5-2)12(10-13)11-15/h6-7,10H,4-5,8-9,11H2,1-3H3. The predicted octanol–water partition coefficient (Wildman–Crippen LogP) is 3.24. The molecule has 0 saturated heterocycles. The molecule has 0 aliphatic rings. The summed E-state index contributed by atoms with van der Waals surface area (Å²) in [5.41, 5.74) is 0.700. The van der Waals surface area contributed by atoms with Crippen LogP contribution in [0.2, 0.25) is 0 Å². The molecule has 0 amide bonds. The Morgan fingerprint density at radius 2 is 1.95 bits per heavy atom. The third kappa shape index (κ3) is 4.11. The SMILES string of the molecule is CCCOc1ccc(S(=O)(=O)N(C)CCC)cc1CCl. The molecule has 0 N–H and O–H groups in total. The van der Waals surface area contributed by atoms with Gasteiger partial charge in [0.2, 0.25) is 10.0 Å². The van der Waals surface area contributed by atoms with Crippen LogP contribution in [0.3, 0.4) is 0 Å². The molecule has 0 bridgehead atoms. The molecule has 0 spiro atoms. The summed E-state index contributed by atoms with van der Waals surface area (Å²) < 4.78 is 31.6. The summed E-state index contributed by atoms with van der Waals surface area (Å²) in [7, 11) is -1.87. The van der Waals surface area contributed by atoms with Gasteiger partial charge < -0.3 is 4.74 Å². The third-order valence-corrected chi connectivity index (χ3v) is 5.03. The molecule has 0 aliphatic heterocycles. The van der Waals surface area contributed by atoms with Gasteiger partial charge in [0.1, 0.15) is 5.75 Å². The molecule has 1 rings (SSSR count). The lowest BCUT2D eigenvalue weighted by molar-refractivity contribution is 0.315. The quantitative estimate of drug-likeness (QED) is 0.691. The first kappa shape index (κ1) is 17.3. The van der Waals surface area contributed by atoms with Crippen molar-refractivity contribution in [3.8, 4) is 5.75 Å². The van der Waals surface area contributed by atoms with Crippen LogP contribution in [0, 0.1) is 0 Å². The first-order valence-electron chi connectivity index (χ1n) is 6.75. The van der Waals surface area contributed by atoms with Crippen molar-refractivity contribution in [3.63, 3.8) is 0 Å². The molecular formula is C14H22ClNO3S. The van der Waals surface area contributed by atoms with Gasteiger partial charge in [-0.2, -0.15) is 0 Å². The van der Waals surface area contributed by atoms with Crippen LogP contribution < -0.4 is 4.74 Å². The normalized spacial score (nSPS) is 11.8. The van der Waals surface area contributed by atoms with Gasteiger partial charge in [-0.25, -0.2) is 12.7 Å². The highest BCUT2D eigenvalue weighted by molar-refractivity contribution is 7.89. The van der Waals surface area contributed by atoms with E-state index in [1.54, 1.807) is 25.2 Å². The number of rotatable bonds is 8. The topological polar surface area (TPSA) is 46.6 Å². The van der Waals surface area contributed by atoms with Crippen molar-refractivity contribution in [2.75, 3.05) is 20.2 Å². The minimum atomic E-state index is -3.45. The summed E-state index contributed by atoms with van der Waals surface area (Å²) in [6.45, 7) is 5.04. The molecule has 114 valence electrons. The highest BCUT2D eigenvalue weighted by Gasteiger charge is 2.21. The van der Waals surface area contributed by atoms with Crippen LogP contribution in [0.4, 0.5) is 0 Å². The number of alkyl halides is 1. The fraction of sp³-hybridized carbons (Fsp3) is 0.571. The van der Waals surface area contributed by atoms with Gasteiger partial charge in [0.15, 0.2) is 0 Å². The van der Waals surface area contributed by atoms with E-state index in [9.17, 15) is 8.42 Å². The molecule has 0 saturated carbocycles. The lowest BCUT2D eigenvalue weighted by Gasteiger charge is -2.17. The summed E-state index contributed by atoms with van der Waals surface area (Å²) in [4.78, 5) is 0.257. The maximum absolute atomic E-state index is 12.4. The van der Waals surface area contributed by atoms with Crippen molar-refractivity contribution in [1.29, 1.82) is 0 Å². The van der Waals surface area contributed by atoms with Gasteiger partial charge in [-0.15, -0.1) is 11.6 Å². The molecule has 0 heterocycles. The number of ether oxygens (including phenoxy) is 1. The summed E-state index contributed by atoms with van der Waals surface area (Å²) in [6, 6.07) is 4.85. The minimum Gasteiger partial charge on any atom is -0.493 e. The van der Waals surface area contributed by atoms with Crippen molar-refractivity contribution in [2.45, 2.75) is 37.5 Å². The van der Waals surface area contributed by atoms with Crippen LogP contribution >= 0.6 is 11.6 Å². The van der Waals surface area contributed by atoms with Crippen molar-refractivity contribution in [1.82, 2.24) is 4.31 Å². The smallest absolute Gasteiger partial charge is 0.242 e. The average molecular weight is 320 g/mol. The Bertz CT molecular complexity index is 531. The lowest BCUT2D eigenvalue weighted by atomic mass is 10.2. The maximum Gasteiger partial charge on any atom is 0.242 e. The molecular weight excluding hydrogens is 298 g/mol. The minimum absolute atomic E-state index is 0.222. The van der Waals surface area contributed by atoms with Crippen LogP contribution in [0.1, 0.15) is 32.3 Å². The molecule has 0 unspecified atom stereocenters. The Labute approximate surface area is 126 Å². The second kappa shape index (κ2) is 7.86. The Morgan fingerprint density at radius 3 is 2.50 bits per heavy atom. The second-order valence-electron chi connectivity index (χ2n) is 4.58. The van der Waals surface area contributed by atoms with Crippen molar-refractivity contribution < 1.29 is 13.2 Å². The zero-order valence-corrected chi connectivity index (χ0v) is 13.8. The summed E-state index contributed by atoms with van der Waals surface area (Å²) in [6.07, 6.45) is 1.66. The number of sulfonamides is 1. The summed E-state index contributed by atoms with van der Waals surface area (Å²) >= 11 is 5.89. The van der Waals surface area contributed by atoms with Crippen LogP contribution in [0.5, 0.6) is 5.75 Å². The number of halogens is 1. The van der Waals surface area contributed by atoms with E-state index in [0.29, 0.717) is 24.5 Å². The molecule has 0 fully saturated rings. The van der Waals surface area contributed by atoms with Crippen molar-refractivity contribution in [3.05, 3.63) is 23.8 Å². The van der Waals surface area contributed by atoms with Gasteiger partial charge >= 0.3 is 0 Å². The fourth-order valence-electron chi connectivity index (χ4n) is 1.79. The molecule has 0 aliphatic carbocycles. The van der Waals surface area contributed by atoms with Crippen LogP contribution in [0.15, 0.2) is 23.1 Å². The van der Waals surface area contributed by atoms with Crippen molar-refractivity contribution in [2.24, 2.45) is 0 Å². The van der Waals surface area contributed by atoms with Gasteiger partial charge in [-0.3, -0.25) is 0 Å². The molecule has 0 aromatic heterocycles. The van der Waals surface area contributed by atoms with E-state index >= 15 is 0 Å². The highest BCUT2D eigenvalue weighted by Crippen LogP contribution is 2.26. The van der Waals surface area contributed by atoms with E-state index in [1.165, 1.54) is 4.31 Å². The van der Waals surface area contributed by atoms with E-state index in [0.717, 1.165) is 12.8 Å². The molecule has 0 atom stereocenters. The van der Waals surface area contributed by atoms with Crippen LogP contribution in [0.25, 0.3) is 0 Å². The first-order valence-corrected chi connectivity index (χ1v) is 8.72. The number of benzene rings is 1. The molecule has 0 radical (unpaired) electrons. The van der Waals surface area contributed by atoms with E-state index < -0.39 is 10.0 Å². The number of hydrogen-bond acceptors (Lipinski definition) is 3. The molecule has 1 aromatic carbocycles. The predicted molar refractivity (Wildman–Crippen MR) is 81.9 cm³/mol. The van der Waals surface area contributed by atoms with Crippen molar-refractivity contribution >= 4 is 21.6 Å². The van der Waals surface area contributed by atoms with Gasteiger partial charge in [-0.1, -0.05) is 13.8 Å². The second-order valence-corrected chi connectivity index (χ2v) is 6.89. The highest BCUT2D eigenvalue weighted by atomic mass is 35.5. The van der Waals surface area contributed by atoms with E-state index in [4.69, 9.17) is 16.3 Å². The largest absolute Gasteiger partial charge is 0.493 e. The molecule has 6 heteroatoms. The van der Waals surface area contributed by atoms with Crippen LogP contribution in [-0.2, 0) is 15.9 Å². The molecule has 1 aromatic rings. The van der Waals surface area contributed by atoms with Gasteiger partial charge in [0.25, 0.3) is 0 Å². The zero-order valence-electron chi connectivity index (χ0n) is 12.2. The monoisotopic (exact) mass is 319 g/mol. The molecule has 20 heavy (non-hydrogen) atoms. The Hall–Kier alpha value is -0.780. The van der Waals surface area contributed by atoms with Gasteiger partial charge in [-0.05, 0) is 31.0 Å². The third-order valence-electron chi connectivity index (χ3n) is 2.88. The van der Waals surface area contributed by atoms with Gasteiger partial charge in [0, 0.05) is 19.2 Å². The molecule has 4 nitrogen and oxygen atoms in total. The van der Waals surface area contributed by atoms with E-state index in [2.05, 4.69) is 0 Å². The summed E-state index contributed by atoms with van der Waals surface area (Å²) in [5.74, 6) is 0.874. The number of nitrogens with zero attached hydrogens (tertiary/aromatic N) is 1. The van der Waals surface area contributed by atoms with Gasteiger partial charge in [0.05, 0.1) is 17.4 Å². The Morgan fingerprint density at radius 1 is 1.25 bits per heavy atom. The summed E-state index contributed by atoms with van der Waals surface area (Å²) in [5, 5.41) is 0. The number of hydrogen-bond donors (Lipinski definition) is 0. The lowest BCUT2D eigenvalue weighted by Crippen LogP contribution is -2.27. The average Bonchev–Trinajstić information content (AvgIpc) is 2.45. The fourth-order valence-corrected chi connectivity index (χ4v) is 3.31. The Balaban J connectivity index is 3.09. The van der Waals surface area contributed by atoms with E-state index in [1.807, 2.05) is 13.8 Å². The Kier molecular flexibility index (Phi) is 6.79. The maximum atomic E-state index is 12.4. The van der Waals surface area contributed by atoms with E-state index in [-0.39, 0.29) is 10.8 Å². The first-order chi connectivity index (χ1) is 9.47. The zero-order chi connectivity index (χ0) is 15.2.